The molecule has 0 aromatic heterocycles. The fourth-order valence-electron chi connectivity index (χ4n) is 1.98. The Morgan fingerprint density at radius 1 is 1.36 bits per heavy atom. The molecule has 8 nitrogen and oxygen atoms in total. The first-order chi connectivity index (χ1) is 10.5. The van der Waals surface area contributed by atoms with Crippen LogP contribution in [0.15, 0.2) is 30.0 Å². The average Bonchev–Trinajstić information content (AvgIpc) is 2.75. The number of hydrogen-bond donors (Lipinski definition) is 3. The molecule has 1 heterocycles. The van der Waals surface area contributed by atoms with E-state index in [1.54, 1.807) is 0 Å². The van der Waals surface area contributed by atoms with Crippen LogP contribution in [-0.4, -0.2) is 53.2 Å². The fourth-order valence-corrected chi connectivity index (χ4v) is 1.98. The first kappa shape index (κ1) is 15.5. The van der Waals surface area contributed by atoms with Gasteiger partial charge in [-0.05, 0) is 18.2 Å². The minimum atomic E-state index is -1.11. The number of β-amino-alcohol motifs (C(OH)–C–C–N with tert-alkyl or cyclic N) is 1. The van der Waals surface area contributed by atoms with Crippen LogP contribution < -0.4 is 10.1 Å². The number of rotatable bonds is 6. The number of carbonyl (C=O) groups is 3. The summed E-state index contributed by atoms with van der Waals surface area (Å²) in [5, 5.41) is 20.5. The quantitative estimate of drug-likeness (QED) is 0.636. The monoisotopic (exact) mass is 306 g/mol. The molecule has 0 unspecified atom stereocenters. The number of methoxy groups -OCH3 is 1. The summed E-state index contributed by atoms with van der Waals surface area (Å²) in [6, 6.07) is 4.09. The van der Waals surface area contributed by atoms with E-state index in [-0.39, 0.29) is 30.2 Å². The number of benzene rings is 1. The second-order valence-electron chi connectivity index (χ2n) is 4.42. The number of nitrogens with zero attached hydrogens (tertiary/aromatic N) is 1. The van der Waals surface area contributed by atoms with E-state index in [0.717, 1.165) is 11.0 Å². The molecule has 1 aliphatic rings. The van der Waals surface area contributed by atoms with E-state index in [9.17, 15) is 14.4 Å². The Hall–Kier alpha value is -2.87. The molecule has 116 valence electrons. The Morgan fingerprint density at radius 2 is 2.09 bits per heavy atom. The molecule has 2 amide bonds. The molecule has 0 aliphatic carbocycles. The van der Waals surface area contributed by atoms with Crippen LogP contribution in [0.1, 0.15) is 10.4 Å². The minimum Gasteiger partial charge on any atom is -0.495 e. The van der Waals surface area contributed by atoms with Gasteiger partial charge in [0.1, 0.15) is 11.4 Å². The van der Waals surface area contributed by atoms with Gasteiger partial charge in [-0.15, -0.1) is 0 Å². The topological polar surface area (TPSA) is 116 Å². The van der Waals surface area contributed by atoms with Crippen molar-refractivity contribution in [2.45, 2.75) is 0 Å². The molecule has 3 N–H and O–H groups in total. The molecule has 0 spiro atoms. The van der Waals surface area contributed by atoms with Crippen LogP contribution in [0, 0.1) is 0 Å². The molecule has 22 heavy (non-hydrogen) atoms. The highest BCUT2D eigenvalue weighted by molar-refractivity contribution is 6.17. The maximum absolute atomic E-state index is 12.0. The van der Waals surface area contributed by atoms with Gasteiger partial charge in [-0.3, -0.25) is 14.5 Å². The number of aliphatic hydroxyl groups is 1. The lowest BCUT2D eigenvalue weighted by molar-refractivity contribution is -0.137. The maximum atomic E-state index is 12.0. The number of ether oxygens (including phenoxy) is 1. The summed E-state index contributed by atoms with van der Waals surface area (Å²) in [5.41, 5.74) is 0.415. The third-order valence-corrected chi connectivity index (χ3v) is 3.05. The molecule has 0 saturated heterocycles. The molecule has 0 bridgehead atoms. The number of amides is 2. The van der Waals surface area contributed by atoms with Gasteiger partial charge in [-0.1, -0.05) is 0 Å². The lowest BCUT2D eigenvalue weighted by Gasteiger charge is -2.15. The summed E-state index contributed by atoms with van der Waals surface area (Å²) in [6.07, 6.45) is 1.11. The summed E-state index contributed by atoms with van der Waals surface area (Å²) in [6.45, 7) is -0.413. The van der Waals surface area contributed by atoms with Crippen LogP contribution in [0.25, 0.3) is 0 Å². The summed E-state index contributed by atoms with van der Waals surface area (Å²) in [5.74, 6) is -1.97. The number of aromatic carboxylic acids is 1. The van der Waals surface area contributed by atoms with Crippen molar-refractivity contribution in [2.75, 3.05) is 25.6 Å². The zero-order chi connectivity index (χ0) is 16.3. The highest BCUT2D eigenvalue weighted by Gasteiger charge is 2.31. The smallest absolute Gasteiger partial charge is 0.335 e. The third-order valence-electron chi connectivity index (χ3n) is 3.05. The van der Waals surface area contributed by atoms with E-state index in [0.29, 0.717) is 5.69 Å². The second kappa shape index (κ2) is 6.27. The number of imide groups is 1. The lowest BCUT2D eigenvalue weighted by atomic mass is 10.2. The van der Waals surface area contributed by atoms with Crippen molar-refractivity contribution >= 4 is 23.5 Å². The van der Waals surface area contributed by atoms with Gasteiger partial charge >= 0.3 is 5.97 Å². The molecular weight excluding hydrogens is 292 g/mol. The van der Waals surface area contributed by atoms with Gasteiger partial charge in [0.25, 0.3) is 11.8 Å². The van der Waals surface area contributed by atoms with Crippen LogP contribution in [-0.2, 0) is 9.59 Å². The number of aliphatic hydroxyl groups excluding tert-OH is 1. The second-order valence-corrected chi connectivity index (χ2v) is 4.42. The zero-order valence-corrected chi connectivity index (χ0v) is 11.7. The van der Waals surface area contributed by atoms with Crippen LogP contribution in [0.4, 0.5) is 5.69 Å². The maximum Gasteiger partial charge on any atom is 0.335 e. The Labute approximate surface area is 125 Å². The molecule has 2 rings (SSSR count). The first-order valence-corrected chi connectivity index (χ1v) is 6.34. The summed E-state index contributed by atoms with van der Waals surface area (Å²) < 4.78 is 5.08. The lowest BCUT2D eigenvalue weighted by Crippen LogP contribution is -2.34. The number of carbonyl (C=O) groups excluding carboxylic acids is 2. The van der Waals surface area contributed by atoms with Gasteiger partial charge in [-0.25, -0.2) is 4.79 Å². The SMILES string of the molecule is COc1cc(C(=O)O)ccc1NC1=CC(=O)N(CCO)C1=O. The van der Waals surface area contributed by atoms with Crippen molar-refractivity contribution in [3.05, 3.63) is 35.5 Å². The summed E-state index contributed by atoms with van der Waals surface area (Å²) in [4.78, 5) is 35.5. The van der Waals surface area contributed by atoms with Gasteiger partial charge in [0, 0.05) is 6.08 Å². The van der Waals surface area contributed by atoms with Gasteiger partial charge < -0.3 is 20.3 Å². The van der Waals surface area contributed by atoms with Crippen molar-refractivity contribution < 1.29 is 29.3 Å². The van der Waals surface area contributed by atoms with Crippen molar-refractivity contribution in [1.29, 1.82) is 0 Å². The normalized spacial score (nSPS) is 14.1. The highest BCUT2D eigenvalue weighted by Crippen LogP contribution is 2.28. The number of carboxylic acid groups (broad SMARTS) is 1. The van der Waals surface area contributed by atoms with E-state index in [1.165, 1.54) is 25.3 Å². The van der Waals surface area contributed by atoms with E-state index < -0.39 is 17.8 Å². The third kappa shape index (κ3) is 2.91. The number of anilines is 1. The molecule has 0 radical (unpaired) electrons. The van der Waals surface area contributed by atoms with E-state index in [1.807, 2.05) is 0 Å². The van der Waals surface area contributed by atoms with Crippen LogP contribution in [0.3, 0.4) is 0 Å². The largest absolute Gasteiger partial charge is 0.495 e. The Morgan fingerprint density at radius 3 is 2.68 bits per heavy atom. The Bertz CT molecular complexity index is 667. The number of carboxylic acids is 1. The number of nitrogens with one attached hydrogen (secondary N) is 1. The zero-order valence-electron chi connectivity index (χ0n) is 11.7. The van der Waals surface area contributed by atoms with Gasteiger partial charge in [0.15, 0.2) is 0 Å². The van der Waals surface area contributed by atoms with Crippen molar-refractivity contribution in [3.63, 3.8) is 0 Å². The molecule has 1 aromatic rings. The molecule has 0 fully saturated rings. The van der Waals surface area contributed by atoms with Crippen LogP contribution in [0.5, 0.6) is 5.75 Å². The molecule has 8 heteroatoms. The van der Waals surface area contributed by atoms with E-state index in [2.05, 4.69) is 5.32 Å². The highest BCUT2D eigenvalue weighted by atomic mass is 16.5. The van der Waals surface area contributed by atoms with E-state index in [4.69, 9.17) is 14.9 Å². The fraction of sp³-hybridized carbons (Fsp3) is 0.214. The molecule has 1 aromatic carbocycles. The van der Waals surface area contributed by atoms with Gasteiger partial charge in [-0.2, -0.15) is 0 Å². The van der Waals surface area contributed by atoms with Gasteiger partial charge in [0.2, 0.25) is 0 Å². The van der Waals surface area contributed by atoms with Gasteiger partial charge in [0.05, 0.1) is 31.5 Å². The molecule has 1 aliphatic heterocycles. The summed E-state index contributed by atoms with van der Waals surface area (Å²) >= 11 is 0. The van der Waals surface area contributed by atoms with Crippen molar-refractivity contribution in [1.82, 2.24) is 4.90 Å². The van der Waals surface area contributed by atoms with Crippen molar-refractivity contribution in [2.24, 2.45) is 0 Å². The molecule has 0 saturated carbocycles. The Balaban J connectivity index is 2.24. The molecule has 0 atom stereocenters. The average molecular weight is 306 g/mol. The molecular formula is C14H14N2O6. The van der Waals surface area contributed by atoms with Crippen molar-refractivity contribution in [3.8, 4) is 5.75 Å². The predicted octanol–water partition coefficient (Wildman–Crippen LogP) is 0.0503. The Kier molecular flexibility index (Phi) is 4.42. The van der Waals surface area contributed by atoms with E-state index >= 15 is 0 Å². The van der Waals surface area contributed by atoms with Crippen LogP contribution >= 0.6 is 0 Å². The first-order valence-electron chi connectivity index (χ1n) is 6.34. The minimum absolute atomic E-state index is 0.0276. The number of hydrogen-bond acceptors (Lipinski definition) is 6. The van der Waals surface area contributed by atoms with Crippen LogP contribution in [0.2, 0.25) is 0 Å². The standard InChI is InChI=1S/C14H14N2O6/c1-22-11-6-8(14(20)21)2-3-9(11)15-10-7-12(18)16(4-5-17)13(10)19/h2-3,6-7,15,17H,4-5H2,1H3,(H,20,21). The summed E-state index contributed by atoms with van der Waals surface area (Å²) in [7, 11) is 1.36. The predicted molar refractivity (Wildman–Crippen MR) is 75.5 cm³/mol.